The molecule has 122 valence electrons. The highest BCUT2D eigenvalue weighted by molar-refractivity contribution is 6.23. The number of nitrogens with zero attached hydrogens (tertiary/aromatic N) is 1. The molecule has 25 heavy (non-hydrogen) atoms. The van der Waals surface area contributed by atoms with Gasteiger partial charge >= 0.3 is 0 Å². The molecule has 5 heteroatoms. The second-order valence-electron chi connectivity index (χ2n) is 5.94. The van der Waals surface area contributed by atoms with E-state index in [0.717, 1.165) is 26.9 Å². The molecular weight excluding hydrogens is 316 g/mol. The lowest BCUT2D eigenvalue weighted by atomic mass is 9.95. The van der Waals surface area contributed by atoms with Crippen LogP contribution >= 0.6 is 0 Å². The van der Waals surface area contributed by atoms with Crippen LogP contribution in [0.4, 0.5) is 11.4 Å². The minimum Gasteiger partial charge on any atom is -0.326 e. The van der Waals surface area contributed by atoms with Crippen LogP contribution in [0.25, 0.3) is 32.3 Å². The number of benzene rings is 4. The van der Waals surface area contributed by atoms with E-state index in [0.29, 0.717) is 11.1 Å². The second-order valence-corrected chi connectivity index (χ2v) is 5.94. The number of hydrogen-bond donors (Lipinski definition) is 1. The number of nitrogens with one attached hydrogen (secondary N) is 1. The predicted octanol–water partition coefficient (Wildman–Crippen LogP) is 5.01. The Morgan fingerprint density at radius 3 is 1.96 bits per heavy atom. The van der Waals surface area contributed by atoms with E-state index >= 15 is 0 Å². The summed E-state index contributed by atoms with van der Waals surface area (Å²) in [5.74, 6) is -0.157. The summed E-state index contributed by atoms with van der Waals surface area (Å²) in [6.45, 7) is 1.47. The molecule has 0 bridgehead atoms. The fourth-order valence-corrected chi connectivity index (χ4v) is 3.38. The Bertz CT molecular complexity index is 1180. The molecular formula is C20H14N2O3. The topological polar surface area (TPSA) is 72.2 Å². The molecule has 1 N–H and O–H groups in total. The Hall–Kier alpha value is -3.47. The van der Waals surface area contributed by atoms with Crippen molar-refractivity contribution in [2.24, 2.45) is 0 Å². The van der Waals surface area contributed by atoms with E-state index in [1.807, 2.05) is 42.5 Å². The van der Waals surface area contributed by atoms with Crippen LogP contribution in [-0.4, -0.2) is 10.8 Å². The van der Waals surface area contributed by atoms with Gasteiger partial charge in [0.1, 0.15) is 0 Å². The van der Waals surface area contributed by atoms with Crippen LogP contribution in [0, 0.1) is 10.1 Å². The van der Waals surface area contributed by atoms with Gasteiger partial charge in [0.15, 0.2) is 0 Å². The minimum atomic E-state index is -0.349. The number of hydrogen-bond acceptors (Lipinski definition) is 3. The summed E-state index contributed by atoms with van der Waals surface area (Å²) in [5, 5.41) is 19.2. The lowest BCUT2D eigenvalue weighted by molar-refractivity contribution is -0.382. The van der Waals surface area contributed by atoms with Gasteiger partial charge < -0.3 is 5.32 Å². The Morgan fingerprint density at radius 2 is 1.36 bits per heavy atom. The third-order valence-corrected chi connectivity index (χ3v) is 4.37. The first kappa shape index (κ1) is 15.1. The third kappa shape index (κ3) is 2.37. The van der Waals surface area contributed by atoms with Crippen LogP contribution in [0.3, 0.4) is 0 Å². The van der Waals surface area contributed by atoms with Gasteiger partial charge in [-0.25, -0.2) is 0 Å². The van der Waals surface area contributed by atoms with E-state index in [1.165, 1.54) is 6.92 Å². The maximum Gasteiger partial charge on any atom is 0.277 e. The Morgan fingerprint density at radius 1 is 0.840 bits per heavy atom. The van der Waals surface area contributed by atoms with E-state index in [4.69, 9.17) is 0 Å². The smallest absolute Gasteiger partial charge is 0.277 e. The third-order valence-electron chi connectivity index (χ3n) is 4.37. The summed E-state index contributed by atoms with van der Waals surface area (Å²) in [7, 11) is 0. The number of carbonyl (C=O) groups is 1. The van der Waals surface area contributed by atoms with Gasteiger partial charge in [0.05, 0.1) is 10.3 Å². The Kier molecular flexibility index (Phi) is 3.35. The number of anilines is 1. The van der Waals surface area contributed by atoms with Crippen LogP contribution in [0.5, 0.6) is 0 Å². The summed E-state index contributed by atoms with van der Waals surface area (Å²) >= 11 is 0. The van der Waals surface area contributed by atoms with Crippen LogP contribution in [0.15, 0.2) is 60.7 Å². The molecule has 0 saturated heterocycles. The van der Waals surface area contributed by atoms with Crippen LogP contribution < -0.4 is 5.32 Å². The largest absolute Gasteiger partial charge is 0.326 e. The van der Waals surface area contributed by atoms with Gasteiger partial charge in [0, 0.05) is 24.1 Å². The molecule has 0 radical (unpaired) electrons. The molecule has 4 aromatic carbocycles. The average molecular weight is 330 g/mol. The average Bonchev–Trinajstić information content (AvgIpc) is 2.60. The van der Waals surface area contributed by atoms with E-state index in [-0.39, 0.29) is 16.5 Å². The summed E-state index contributed by atoms with van der Waals surface area (Å²) in [6, 6.07) is 18.4. The molecule has 0 saturated carbocycles. The first-order chi connectivity index (χ1) is 12.1. The summed E-state index contributed by atoms with van der Waals surface area (Å²) < 4.78 is 0. The van der Waals surface area contributed by atoms with Crippen molar-refractivity contribution >= 4 is 49.6 Å². The number of nitro groups is 1. The van der Waals surface area contributed by atoms with Gasteiger partial charge in [-0.05, 0) is 33.7 Å². The molecule has 4 rings (SSSR count). The molecule has 5 nitrogen and oxygen atoms in total. The zero-order valence-corrected chi connectivity index (χ0v) is 13.4. The fourth-order valence-electron chi connectivity index (χ4n) is 3.38. The second kappa shape index (κ2) is 5.56. The lowest BCUT2D eigenvalue weighted by Crippen LogP contribution is -2.06. The van der Waals surface area contributed by atoms with Crippen LogP contribution in [0.2, 0.25) is 0 Å². The fraction of sp³-hybridized carbons (Fsp3) is 0.0500. The SMILES string of the molecule is CC(=O)Nc1cc2c3ccccc3c([N+](=O)[O-])cc2c2ccccc12. The van der Waals surface area contributed by atoms with Crippen molar-refractivity contribution < 1.29 is 9.72 Å². The van der Waals surface area contributed by atoms with Gasteiger partial charge in [0.25, 0.3) is 5.69 Å². The van der Waals surface area contributed by atoms with Gasteiger partial charge in [-0.2, -0.15) is 0 Å². The first-order valence-corrected chi connectivity index (χ1v) is 7.85. The van der Waals surface area contributed by atoms with Crippen LogP contribution in [0.1, 0.15) is 6.92 Å². The first-order valence-electron chi connectivity index (χ1n) is 7.85. The van der Waals surface area contributed by atoms with Crippen molar-refractivity contribution in [1.82, 2.24) is 0 Å². The number of amides is 1. The Labute approximate surface area is 143 Å². The van der Waals surface area contributed by atoms with E-state index < -0.39 is 0 Å². The normalized spacial score (nSPS) is 11.1. The molecule has 0 unspecified atom stereocenters. The van der Waals surface area contributed by atoms with Crippen molar-refractivity contribution in [3.8, 4) is 0 Å². The molecule has 0 heterocycles. The quantitative estimate of drug-likeness (QED) is 0.319. The number of fused-ring (bicyclic) bond motifs is 5. The van der Waals surface area contributed by atoms with Crippen molar-refractivity contribution in [2.45, 2.75) is 6.92 Å². The molecule has 0 aliphatic heterocycles. The molecule has 0 atom stereocenters. The van der Waals surface area contributed by atoms with Gasteiger partial charge in [-0.1, -0.05) is 42.5 Å². The molecule has 0 aliphatic carbocycles. The van der Waals surface area contributed by atoms with Crippen molar-refractivity contribution in [3.63, 3.8) is 0 Å². The predicted molar refractivity (Wildman–Crippen MR) is 99.9 cm³/mol. The lowest BCUT2D eigenvalue weighted by Gasteiger charge is -2.13. The minimum absolute atomic E-state index is 0.0838. The zero-order valence-electron chi connectivity index (χ0n) is 13.4. The van der Waals surface area contributed by atoms with Gasteiger partial charge in [-0.15, -0.1) is 0 Å². The summed E-state index contributed by atoms with van der Waals surface area (Å²) in [5.41, 5.74) is 0.787. The maximum absolute atomic E-state index is 11.6. The molecule has 0 fully saturated rings. The molecule has 0 aliphatic rings. The van der Waals surface area contributed by atoms with E-state index in [2.05, 4.69) is 5.32 Å². The number of non-ortho nitro benzene ring substituents is 1. The molecule has 1 amide bonds. The Balaban J connectivity index is 2.25. The number of nitro benzene ring substituents is 1. The highest BCUT2D eigenvalue weighted by Crippen LogP contribution is 2.39. The van der Waals surface area contributed by atoms with E-state index in [1.54, 1.807) is 18.2 Å². The van der Waals surface area contributed by atoms with Crippen molar-refractivity contribution in [1.29, 1.82) is 0 Å². The number of rotatable bonds is 2. The molecule has 0 spiro atoms. The maximum atomic E-state index is 11.6. The highest BCUT2D eigenvalue weighted by Gasteiger charge is 2.17. The zero-order chi connectivity index (χ0) is 17.6. The highest BCUT2D eigenvalue weighted by atomic mass is 16.6. The van der Waals surface area contributed by atoms with Crippen molar-refractivity contribution in [2.75, 3.05) is 5.32 Å². The van der Waals surface area contributed by atoms with Gasteiger partial charge in [-0.3, -0.25) is 14.9 Å². The van der Waals surface area contributed by atoms with Gasteiger partial charge in [0.2, 0.25) is 5.91 Å². The van der Waals surface area contributed by atoms with Crippen LogP contribution in [-0.2, 0) is 4.79 Å². The molecule has 0 aromatic heterocycles. The number of carbonyl (C=O) groups excluding carboxylic acids is 1. The standard InChI is InChI=1S/C20H14N2O3/c1-12(23)21-19-10-17-14-7-3-5-9-16(14)20(22(24)25)11-18(17)13-6-2-4-8-15(13)19/h2-11H,1H3,(H,21,23). The monoisotopic (exact) mass is 330 g/mol. The summed E-state index contributed by atoms with van der Waals surface area (Å²) in [6.07, 6.45) is 0. The molecule has 4 aromatic rings. The summed E-state index contributed by atoms with van der Waals surface area (Å²) in [4.78, 5) is 22.8. The van der Waals surface area contributed by atoms with E-state index in [9.17, 15) is 14.9 Å². The van der Waals surface area contributed by atoms with Crippen molar-refractivity contribution in [3.05, 3.63) is 70.8 Å².